The van der Waals surface area contributed by atoms with Gasteiger partial charge in [0.05, 0.1) is 19.3 Å². The number of ether oxygens (including phenoxy) is 1. The van der Waals surface area contributed by atoms with Gasteiger partial charge in [-0.2, -0.15) is 5.10 Å². The molecule has 0 atom stereocenters. The maximum atomic E-state index is 12.6. The highest BCUT2D eigenvalue weighted by Gasteiger charge is 2.24. The molecule has 0 fully saturated rings. The van der Waals surface area contributed by atoms with Gasteiger partial charge in [0.2, 0.25) is 11.8 Å². The van der Waals surface area contributed by atoms with E-state index in [1.54, 1.807) is 21.7 Å². The van der Waals surface area contributed by atoms with Crippen molar-refractivity contribution < 1.29 is 19.1 Å². The molecule has 0 saturated carbocycles. The molecule has 142 valence electrons. The van der Waals surface area contributed by atoms with Crippen LogP contribution in [0, 0.1) is 6.92 Å². The Labute approximate surface area is 157 Å². The Morgan fingerprint density at radius 2 is 2.04 bits per heavy atom. The quantitative estimate of drug-likeness (QED) is 0.654. The predicted octanol–water partition coefficient (Wildman–Crippen LogP) is 1.74. The lowest BCUT2D eigenvalue weighted by Gasteiger charge is -2.19. The molecule has 27 heavy (non-hydrogen) atoms. The summed E-state index contributed by atoms with van der Waals surface area (Å²) in [6.07, 6.45) is 0.465. The topological polar surface area (TPSA) is 93.5 Å². The second-order valence-corrected chi connectivity index (χ2v) is 6.50. The van der Waals surface area contributed by atoms with Gasteiger partial charge in [0, 0.05) is 18.8 Å². The van der Waals surface area contributed by atoms with E-state index in [0.717, 1.165) is 11.3 Å². The van der Waals surface area contributed by atoms with Gasteiger partial charge in [-0.05, 0) is 37.1 Å². The summed E-state index contributed by atoms with van der Waals surface area (Å²) in [5, 5.41) is 6.97. The summed E-state index contributed by atoms with van der Waals surface area (Å²) in [5.74, 6) is -1.11. The SMILES string of the molecule is COC(=O)c1cc2n(n1)CCCN(C(=O)CC(=O)Nc1cccc(C)c1)C2. The number of anilines is 1. The minimum atomic E-state index is -0.508. The van der Waals surface area contributed by atoms with Crippen LogP contribution in [-0.2, 0) is 27.4 Å². The van der Waals surface area contributed by atoms with Gasteiger partial charge in [-0.15, -0.1) is 0 Å². The number of nitrogens with zero attached hydrogens (tertiary/aromatic N) is 3. The Balaban J connectivity index is 1.63. The van der Waals surface area contributed by atoms with E-state index in [0.29, 0.717) is 31.7 Å². The average molecular weight is 370 g/mol. The van der Waals surface area contributed by atoms with E-state index in [2.05, 4.69) is 15.2 Å². The highest BCUT2D eigenvalue weighted by atomic mass is 16.5. The molecule has 8 nitrogen and oxygen atoms in total. The Morgan fingerprint density at radius 3 is 2.78 bits per heavy atom. The molecule has 3 rings (SSSR count). The van der Waals surface area contributed by atoms with Gasteiger partial charge in [-0.3, -0.25) is 14.3 Å². The predicted molar refractivity (Wildman–Crippen MR) is 98.0 cm³/mol. The van der Waals surface area contributed by atoms with Gasteiger partial charge in [-0.25, -0.2) is 4.79 Å². The normalized spacial score (nSPS) is 13.5. The van der Waals surface area contributed by atoms with E-state index in [1.807, 2.05) is 25.1 Å². The number of aromatic nitrogens is 2. The molecule has 1 N–H and O–H groups in total. The maximum absolute atomic E-state index is 12.6. The van der Waals surface area contributed by atoms with Crippen LogP contribution >= 0.6 is 0 Å². The van der Waals surface area contributed by atoms with Crippen LogP contribution < -0.4 is 5.32 Å². The van der Waals surface area contributed by atoms with Gasteiger partial charge in [0.15, 0.2) is 5.69 Å². The van der Waals surface area contributed by atoms with Crippen molar-refractivity contribution in [2.75, 3.05) is 19.0 Å². The first-order valence-electron chi connectivity index (χ1n) is 8.75. The Kier molecular flexibility index (Phi) is 5.54. The van der Waals surface area contributed by atoms with Gasteiger partial charge < -0.3 is 15.0 Å². The molecule has 0 unspecified atom stereocenters. The fraction of sp³-hybridized carbons (Fsp3) is 0.368. The number of aryl methyl sites for hydroxylation is 2. The largest absolute Gasteiger partial charge is 0.464 e. The van der Waals surface area contributed by atoms with Gasteiger partial charge in [0.25, 0.3) is 0 Å². The highest BCUT2D eigenvalue weighted by Crippen LogP contribution is 2.16. The number of esters is 1. The summed E-state index contributed by atoms with van der Waals surface area (Å²) >= 11 is 0. The van der Waals surface area contributed by atoms with Crippen LogP contribution in [0.15, 0.2) is 30.3 Å². The molecule has 2 amide bonds. The van der Waals surface area contributed by atoms with Crippen molar-refractivity contribution in [1.29, 1.82) is 0 Å². The number of hydrogen-bond donors (Lipinski definition) is 1. The summed E-state index contributed by atoms with van der Waals surface area (Å²) in [7, 11) is 1.30. The number of carbonyl (C=O) groups excluding carboxylic acids is 3. The lowest BCUT2D eigenvalue weighted by Crippen LogP contribution is -2.33. The molecule has 2 heterocycles. The molecule has 1 aromatic carbocycles. The minimum absolute atomic E-state index is 0.221. The summed E-state index contributed by atoms with van der Waals surface area (Å²) in [4.78, 5) is 38.0. The Hall–Kier alpha value is -3.16. The molecule has 0 saturated heterocycles. The number of hydrogen-bond acceptors (Lipinski definition) is 5. The van der Waals surface area contributed by atoms with Crippen molar-refractivity contribution in [1.82, 2.24) is 14.7 Å². The standard InChI is InChI=1S/C19H22N4O4/c1-13-5-3-6-14(9-13)20-17(24)11-18(25)22-7-4-8-23-15(12-22)10-16(21-23)19(26)27-2/h3,5-6,9-10H,4,7-8,11-12H2,1-2H3,(H,20,24). The molecule has 1 aromatic heterocycles. The summed E-state index contributed by atoms with van der Waals surface area (Å²) in [6, 6.07) is 9.05. The van der Waals surface area contributed by atoms with E-state index in [4.69, 9.17) is 0 Å². The third-order valence-electron chi connectivity index (χ3n) is 4.37. The molecular weight excluding hydrogens is 348 g/mol. The second-order valence-electron chi connectivity index (χ2n) is 6.50. The number of fused-ring (bicyclic) bond motifs is 1. The van der Waals surface area contributed by atoms with E-state index >= 15 is 0 Å². The van der Waals surface area contributed by atoms with Gasteiger partial charge in [-0.1, -0.05) is 12.1 Å². The zero-order valence-corrected chi connectivity index (χ0v) is 15.4. The van der Waals surface area contributed by atoms with Crippen LogP contribution in [0.5, 0.6) is 0 Å². The van der Waals surface area contributed by atoms with Gasteiger partial charge in [0.1, 0.15) is 6.42 Å². The number of amides is 2. The van der Waals surface area contributed by atoms with Crippen LogP contribution in [-0.4, -0.2) is 46.1 Å². The third kappa shape index (κ3) is 4.52. The van der Waals surface area contributed by atoms with E-state index < -0.39 is 5.97 Å². The molecule has 8 heteroatoms. The van der Waals surface area contributed by atoms with Crippen molar-refractivity contribution in [2.24, 2.45) is 0 Å². The van der Waals surface area contributed by atoms with E-state index in [9.17, 15) is 14.4 Å². The van der Waals surface area contributed by atoms with Crippen molar-refractivity contribution in [3.8, 4) is 0 Å². The Bertz CT molecular complexity index is 874. The molecule has 0 radical (unpaired) electrons. The van der Waals surface area contributed by atoms with Crippen molar-refractivity contribution in [3.63, 3.8) is 0 Å². The van der Waals surface area contributed by atoms with Crippen LogP contribution in [0.2, 0.25) is 0 Å². The molecule has 0 bridgehead atoms. The van der Waals surface area contributed by atoms with Crippen LogP contribution in [0.25, 0.3) is 0 Å². The lowest BCUT2D eigenvalue weighted by molar-refractivity contribution is -0.135. The van der Waals surface area contributed by atoms with E-state index in [1.165, 1.54) is 7.11 Å². The fourth-order valence-corrected chi connectivity index (χ4v) is 3.06. The maximum Gasteiger partial charge on any atom is 0.358 e. The van der Waals surface area contributed by atoms with Crippen LogP contribution in [0.4, 0.5) is 5.69 Å². The lowest BCUT2D eigenvalue weighted by atomic mass is 10.2. The summed E-state index contributed by atoms with van der Waals surface area (Å²) in [5.41, 5.74) is 2.67. The molecule has 2 aromatic rings. The number of rotatable bonds is 4. The van der Waals surface area contributed by atoms with Gasteiger partial charge >= 0.3 is 5.97 Å². The molecular formula is C19H22N4O4. The smallest absolute Gasteiger partial charge is 0.358 e. The minimum Gasteiger partial charge on any atom is -0.464 e. The van der Waals surface area contributed by atoms with Crippen molar-refractivity contribution >= 4 is 23.5 Å². The monoisotopic (exact) mass is 370 g/mol. The van der Waals surface area contributed by atoms with Crippen LogP contribution in [0.1, 0.15) is 34.6 Å². The first-order chi connectivity index (χ1) is 13.0. The van der Waals surface area contributed by atoms with Crippen LogP contribution in [0.3, 0.4) is 0 Å². The molecule has 1 aliphatic rings. The Morgan fingerprint density at radius 1 is 1.22 bits per heavy atom. The highest BCUT2D eigenvalue weighted by molar-refractivity contribution is 6.03. The zero-order valence-electron chi connectivity index (χ0n) is 15.4. The van der Waals surface area contributed by atoms with E-state index in [-0.39, 0.29) is 23.9 Å². The third-order valence-corrected chi connectivity index (χ3v) is 4.37. The molecule has 0 spiro atoms. The number of nitrogens with one attached hydrogen (secondary N) is 1. The number of methoxy groups -OCH3 is 1. The summed E-state index contributed by atoms with van der Waals surface area (Å²) < 4.78 is 6.40. The number of carbonyl (C=O) groups is 3. The molecule has 0 aliphatic carbocycles. The van der Waals surface area contributed by atoms with Crippen molar-refractivity contribution in [3.05, 3.63) is 47.3 Å². The first-order valence-corrected chi connectivity index (χ1v) is 8.75. The zero-order chi connectivity index (χ0) is 19.4. The molecule has 1 aliphatic heterocycles. The summed E-state index contributed by atoms with van der Waals surface area (Å²) in [6.45, 7) is 3.38. The average Bonchev–Trinajstić information content (AvgIpc) is 2.92. The first kappa shape index (κ1) is 18.6. The number of benzene rings is 1. The second kappa shape index (κ2) is 8.03. The fourth-order valence-electron chi connectivity index (χ4n) is 3.06. The van der Waals surface area contributed by atoms with Crippen molar-refractivity contribution in [2.45, 2.75) is 32.9 Å².